The van der Waals surface area contributed by atoms with Gasteiger partial charge in [-0.05, 0) is 25.3 Å². The van der Waals surface area contributed by atoms with E-state index in [1.165, 1.54) is 12.5 Å². The maximum Gasteiger partial charge on any atom is 0.257 e. The molecular formula is C11H17ClN2O2. The molecule has 0 saturated carbocycles. The van der Waals surface area contributed by atoms with Crippen molar-refractivity contribution in [2.75, 3.05) is 13.1 Å². The van der Waals surface area contributed by atoms with Crippen molar-refractivity contribution in [1.29, 1.82) is 0 Å². The average Bonchev–Trinajstić information content (AvgIpc) is 2.88. The third-order valence-corrected chi connectivity index (χ3v) is 3.02. The highest BCUT2D eigenvalue weighted by Crippen LogP contribution is 2.20. The predicted octanol–water partition coefficient (Wildman–Crippen LogP) is 1.51. The van der Waals surface area contributed by atoms with Crippen LogP contribution in [0.15, 0.2) is 23.0 Å². The number of hydrogen-bond donors (Lipinski definition) is 1. The minimum Gasteiger partial charge on any atom is -0.472 e. The molecule has 2 rings (SSSR count). The molecule has 1 fully saturated rings. The summed E-state index contributed by atoms with van der Waals surface area (Å²) in [6.45, 7) is 3.56. The van der Waals surface area contributed by atoms with Crippen LogP contribution in [0.3, 0.4) is 0 Å². The van der Waals surface area contributed by atoms with Crippen LogP contribution in [0.4, 0.5) is 0 Å². The summed E-state index contributed by atoms with van der Waals surface area (Å²) in [4.78, 5) is 13.7. The fourth-order valence-electron chi connectivity index (χ4n) is 1.97. The molecule has 2 unspecified atom stereocenters. The van der Waals surface area contributed by atoms with Crippen LogP contribution in [0.25, 0.3) is 0 Å². The van der Waals surface area contributed by atoms with E-state index in [1.54, 1.807) is 6.07 Å². The molecule has 4 nitrogen and oxygen atoms in total. The second-order valence-electron chi connectivity index (χ2n) is 4.17. The first-order chi connectivity index (χ1) is 7.18. The molecule has 5 heteroatoms. The monoisotopic (exact) mass is 244 g/mol. The van der Waals surface area contributed by atoms with E-state index in [0.717, 1.165) is 19.5 Å². The molecule has 2 heterocycles. The molecule has 2 atom stereocenters. The Kier molecular flexibility index (Phi) is 4.38. The molecule has 2 N–H and O–H groups in total. The third kappa shape index (κ3) is 2.57. The molecule has 0 bridgehead atoms. The van der Waals surface area contributed by atoms with Crippen molar-refractivity contribution >= 4 is 18.3 Å². The van der Waals surface area contributed by atoms with E-state index in [0.29, 0.717) is 11.5 Å². The number of halogens is 1. The summed E-state index contributed by atoms with van der Waals surface area (Å²) in [6, 6.07) is 1.86. The topological polar surface area (TPSA) is 59.5 Å². The van der Waals surface area contributed by atoms with Crippen LogP contribution >= 0.6 is 12.4 Å². The van der Waals surface area contributed by atoms with Gasteiger partial charge in [-0.25, -0.2) is 0 Å². The Bertz CT molecular complexity index is 338. The van der Waals surface area contributed by atoms with E-state index < -0.39 is 0 Å². The Hall–Kier alpha value is -1.00. The van der Waals surface area contributed by atoms with Gasteiger partial charge in [-0.2, -0.15) is 0 Å². The molecule has 0 spiro atoms. The second-order valence-corrected chi connectivity index (χ2v) is 4.17. The van der Waals surface area contributed by atoms with E-state index in [1.807, 2.05) is 11.8 Å². The summed E-state index contributed by atoms with van der Waals surface area (Å²) < 4.78 is 4.90. The van der Waals surface area contributed by atoms with E-state index in [-0.39, 0.29) is 24.4 Å². The molecule has 1 amide bonds. The van der Waals surface area contributed by atoms with Crippen LogP contribution in [-0.2, 0) is 0 Å². The van der Waals surface area contributed by atoms with Crippen molar-refractivity contribution < 1.29 is 9.21 Å². The van der Waals surface area contributed by atoms with Gasteiger partial charge in [0.2, 0.25) is 0 Å². The van der Waals surface area contributed by atoms with Crippen molar-refractivity contribution in [2.45, 2.75) is 19.4 Å². The molecule has 1 aromatic rings. The Morgan fingerprint density at radius 1 is 1.69 bits per heavy atom. The summed E-state index contributed by atoms with van der Waals surface area (Å²) in [5.74, 6) is 0.479. The van der Waals surface area contributed by atoms with Gasteiger partial charge in [-0.3, -0.25) is 4.79 Å². The van der Waals surface area contributed by atoms with Gasteiger partial charge >= 0.3 is 0 Å². The summed E-state index contributed by atoms with van der Waals surface area (Å²) in [6.07, 6.45) is 4.01. The molecule has 90 valence electrons. The highest BCUT2D eigenvalue weighted by atomic mass is 35.5. The van der Waals surface area contributed by atoms with E-state index in [2.05, 4.69) is 0 Å². The summed E-state index contributed by atoms with van der Waals surface area (Å²) in [5, 5.41) is 0. The number of likely N-dealkylation sites (tertiary alicyclic amines) is 1. The van der Waals surface area contributed by atoms with Gasteiger partial charge in [0.15, 0.2) is 0 Å². The Balaban J connectivity index is 0.00000128. The summed E-state index contributed by atoms with van der Waals surface area (Å²) in [5.41, 5.74) is 6.45. The van der Waals surface area contributed by atoms with E-state index >= 15 is 0 Å². The minimum absolute atomic E-state index is 0. The first-order valence-electron chi connectivity index (χ1n) is 5.25. The average molecular weight is 245 g/mol. The maximum absolute atomic E-state index is 11.9. The van der Waals surface area contributed by atoms with Gasteiger partial charge in [-0.15, -0.1) is 12.4 Å². The molecule has 0 aromatic carbocycles. The Morgan fingerprint density at radius 3 is 2.94 bits per heavy atom. The molecule has 16 heavy (non-hydrogen) atoms. The van der Waals surface area contributed by atoms with E-state index in [9.17, 15) is 4.79 Å². The molecule has 1 aliphatic heterocycles. The summed E-state index contributed by atoms with van der Waals surface area (Å²) >= 11 is 0. The van der Waals surface area contributed by atoms with Gasteiger partial charge in [0.1, 0.15) is 6.26 Å². The van der Waals surface area contributed by atoms with Crippen molar-refractivity contribution in [2.24, 2.45) is 11.7 Å². The fraction of sp³-hybridized carbons (Fsp3) is 0.545. The highest BCUT2D eigenvalue weighted by molar-refractivity contribution is 5.94. The number of hydrogen-bond acceptors (Lipinski definition) is 3. The van der Waals surface area contributed by atoms with Gasteiger partial charge in [0.25, 0.3) is 5.91 Å². The van der Waals surface area contributed by atoms with Crippen LogP contribution in [0, 0.1) is 5.92 Å². The zero-order valence-corrected chi connectivity index (χ0v) is 10.1. The van der Waals surface area contributed by atoms with Gasteiger partial charge in [0.05, 0.1) is 11.8 Å². The molecule has 1 aliphatic rings. The van der Waals surface area contributed by atoms with Crippen LogP contribution in [0.2, 0.25) is 0 Å². The molecular weight excluding hydrogens is 228 g/mol. The van der Waals surface area contributed by atoms with Gasteiger partial charge in [0, 0.05) is 19.1 Å². The standard InChI is InChI=1S/C11H16N2O2.ClH/c1-8(12)9-2-4-13(6-9)11(14)10-3-5-15-7-10;/h3,5,7-9H,2,4,6,12H2,1H3;1H. The summed E-state index contributed by atoms with van der Waals surface area (Å²) in [7, 11) is 0. The second kappa shape index (κ2) is 5.37. The largest absolute Gasteiger partial charge is 0.472 e. The first kappa shape index (κ1) is 13.1. The number of furan rings is 1. The number of nitrogens with two attached hydrogens (primary N) is 1. The van der Waals surface area contributed by atoms with Crippen molar-refractivity contribution in [3.8, 4) is 0 Å². The SMILES string of the molecule is CC(N)C1CCN(C(=O)c2ccoc2)C1.Cl. The molecule has 1 saturated heterocycles. The van der Waals surface area contributed by atoms with Gasteiger partial charge < -0.3 is 15.1 Å². The van der Waals surface area contributed by atoms with Crippen molar-refractivity contribution in [1.82, 2.24) is 4.90 Å². The van der Waals surface area contributed by atoms with Gasteiger partial charge in [-0.1, -0.05) is 0 Å². The lowest BCUT2D eigenvalue weighted by Crippen LogP contribution is -2.32. The number of carbonyl (C=O) groups excluding carboxylic acids is 1. The quantitative estimate of drug-likeness (QED) is 0.858. The first-order valence-corrected chi connectivity index (χ1v) is 5.25. The highest BCUT2D eigenvalue weighted by Gasteiger charge is 2.29. The van der Waals surface area contributed by atoms with Crippen LogP contribution < -0.4 is 5.73 Å². The maximum atomic E-state index is 11.9. The third-order valence-electron chi connectivity index (χ3n) is 3.02. The molecule has 1 aromatic heterocycles. The Labute approximate surface area is 101 Å². The van der Waals surface area contributed by atoms with Crippen LogP contribution in [-0.4, -0.2) is 29.9 Å². The van der Waals surface area contributed by atoms with Crippen LogP contribution in [0.1, 0.15) is 23.7 Å². The van der Waals surface area contributed by atoms with Crippen molar-refractivity contribution in [3.05, 3.63) is 24.2 Å². The van der Waals surface area contributed by atoms with Crippen molar-refractivity contribution in [3.63, 3.8) is 0 Å². The normalized spacial score (nSPS) is 21.6. The smallest absolute Gasteiger partial charge is 0.257 e. The number of rotatable bonds is 2. The van der Waals surface area contributed by atoms with Crippen LogP contribution in [0.5, 0.6) is 0 Å². The molecule has 0 aliphatic carbocycles. The fourth-order valence-corrected chi connectivity index (χ4v) is 1.97. The lowest BCUT2D eigenvalue weighted by Gasteiger charge is -2.17. The number of amides is 1. The lowest BCUT2D eigenvalue weighted by atomic mass is 10.0. The zero-order chi connectivity index (χ0) is 10.8. The predicted molar refractivity (Wildman–Crippen MR) is 63.6 cm³/mol. The zero-order valence-electron chi connectivity index (χ0n) is 9.26. The lowest BCUT2D eigenvalue weighted by molar-refractivity contribution is 0.0785. The van der Waals surface area contributed by atoms with E-state index in [4.69, 9.17) is 10.2 Å². The number of nitrogens with zero attached hydrogens (tertiary/aromatic N) is 1. The molecule has 0 radical (unpaired) electrons. The number of carbonyl (C=O) groups is 1. The minimum atomic E-state index is 0. The Morgan fingerprint density at radius 2 is 2.44 bits per heavy atom.